The van der Waals surface area contributed by atoms with E-state index in [1.165, 1.54) is 20.3 Å². The van der Waals surface area contributed by atoms with E-state index in [1.807, 2.05) is 0 Å². The van der Waals surface area contributed by atoms with Crippen LogP contribution >= 0.6 is 0 Å². The average molecular weight is 384 g/mol. The Labute approximate surface area is 159 Å². The fourth-order valence-electron chi connectivity index (χ4n) is 2.64. The standard InChI is InChI=1S/C19H16N2O7/c1-23-13-5-4-12(8-15(13)24-2)19(22)25-9-17-20-18(21-28-17)11-3-6-14-16(7-11)27-10-26-14/h3-8H,9-10H2,1-2H3. The van der Waals surface area contributed by atoms with Crippen molar-refractivity contribution in [3.05, 3.63) is 47.9 Å². The second-order valence-electron chi connectivity index (χ2n) is 5.73. The van der Waals surface area contributed by atoms with Crippen LogP contribution in [-0.2, 0) is 11.3 Å². The number of nitrogens with zero attached hydrogens (tertiary/aromatic N) is 2. The average Bonchev–Trinajstić information content (AvgIpc) is 3.40. The normalized spacial score (nSPS) is 11.9. The van der Waals surface area contributed by atoms with E-state index in [-0.39, 0.29) is 19.3 Å². The molecule has 9 heteroatoms. The Morgan fingerprint density at radius 1 is 1.04 bits per heavy atom. The molecule has 2 heterocycles. The number of ether oxygens (including phenoxy) is 5. The Kier molecular flexibility index (Phi) is 4.71. The summed E-state index contributed by atoms with van der Waals surface area (Å²) in [5.74, 6) is 2.20. The minimum absolute atomic E-state index is 0.162. The predicted molar refractivity (Wildman–Crippen MR) is 94.5 cm³/mol. The first-order chi connectivity index (χ1) is 13.7. The SMILES string of the molecule is COc1ccc(C(=O)OCc2nc(-c3ccc4c(c3)OCO4)no2)cc1OC. The third-order valence-electron chi connectivity index (χ3n) is 4.04. The zero-order chi connectivity index (χ0) is 19.5. The summed E-state index contributed by atoms with van der Waals surface area (Å²) >= 11 is 0. The monoisotopic (exact) mass is 384 g/mol. The minimum atomic E-state index is -0.552. The van der Waals surface area contributed by atoms with E-state index in [1.54, 1.807) is 30.3 Å². The maximum absolute atomic E-state index is 12.3. The third-order valence-corrected chi connectivity index (χ3v) is 4.04. The number of methoxy groups -OCH3 is 2. The van der Waals surface area contributed by atoms with Gasteiger partial charge in [0.05, 0.1) is 19.8 Å². The number of fused-ring (bicyclic) bond motifs is 1. The molecule has 2 aromatic carbocycles. The quantitative estimate of drug-likeness (QED) is 0.594. The fourth-order valence-corrected chi connectivity index (χ4v) is 2.64. The van der Waals surface area contributed by atoms with Crippen molar-refractivity contribution in [2.24, 2.45) is 0 Å². The molecule has 0 radical (unpaired) electrons. The molecule has 0 saturated carbocycles. The molecular weight excluding hydrogens is 368 g/mol. The van der Waals surface area contributed by atoms with Crippen LogP contribution in [0, 0.1) is 0 Å². The van der Waals surface area contributed by atoms with Crippen LogP contribution in [0.5, 0.6) is 23.0 Å². The molecule has 1 aliphatic heterocycles. The maximum Gasteiger partial charge on any atom is 0.338 e. The largest absolute Gasteiger partial charge is 0.493 e. The molecule has 0 spiro atoms. The summed E-state index contributed by atoms with van der Waals surface area (Å²) < 4.78 is 31.3. The van der Waals surface area contributed by atoms with E-state index in [0.717, 1.165) is 0 Å². The summed E-state index contributed by atoms with van der Waals surface area (Å²) in [5, 5.41) is 3.90. The smallest absolute Gasteiger partial charge is 0.338 e. The number of hydrogen-bond donors (Lipinski definition) is 0. The predicted octanol–water partition coefficient (Wildman–Crippen LogP) is 2.84. The summed E-state index contributed by atoms with van der Waals surface area (Å²) in [5.41, 5.74) is 1.01. The van der Waals surface area contributed by atoms with Crippen molar-refractivity contribution in [2.75, 3.05) is 21.0 Å². The molecule has 0 fully saturated rings. The van der Waals surface area contributed by atoms with Crippen LogP contribution in [0.25, 0.3) is 11.4 Å². The lowest BCUT2D eigenvalue weighted by Crippen LogP contribution is -2.06. The molecule has 28 heavy (non-hydrogen) atoms. The molecule has 0 N–H and O–H groups in total. The highest BCUT2D eigenvalue weighted by molar-refractivity contribution is 5.90. The van der Waals surface area contributed by atoms with Crippen molar-refractivity contribution < 1.29 is 33.0 Å². The van der Waals surface area contributed by atoms with Crippen LogP contribution in [0.1, 0.15) is 16.2 Å². The highest BCUT2D eigenvalue weighted by Crippen LogP contribution is 2.35. The number of carbonyl (C=O) groups excluding carboxylic acids is 1. The highest BCUT2D eigenvalue weighted by Gasteiger charge is 2.18. The molecule has 0 amide bonds. The van der Waals surface area contributed by atoms with Crippen LogP contribution in [0.15, 0.2) is 40.9 Å². The van der Waals surface area contributed by atoms with Gasteiger partial charge in [-0.3, -0.25) is 0 Å². The number of aromatic nitrogens is 2. The van der Waals surface area contributed by atoms with E-state index < -0.39 is 5.97 Å². The molecule has 3 aromatic rings. The molecule has 0 aliphatic carbocycles. The Morgan fingerprint density at radius 3 is 2.68 bits per heavy atom. The van der Waals surface area contributed by atoms with Gasteiger partial charge in [-0.15, -0.1) is 0 Å². The van der Waals surface area contributed by atoms with Gasteiger partial charge < -0.3 is 28.2 Å². The Balaban J connectivity index is 1.42. The third kappa shape index (κ3) is 3.41. The van der Waals surface area contributed by atoms with Crippen LogP contribution in [-0.4, -0.2) is 37.1 Å². The molecule has 1 aromatic heterocycles. The van der Waals surface area contributed by atoms with Crippen LogP contribution < -0.4 is 18.9 Å². The van der Waals surface area contributed by atoms with Gasteiger partial charge in [-0.2, -0.15) is 4.98 Å². The second-order valence-corrected chi connectivity index (χ2v) is 5.73. The lowest BCUT2D eigenvalue weighted by molar-refractivity contribution is 0.0429. The van der Waals surface area contributed by atoms with Gasteiger partial charge in [0.2, 0.25) is 12.6 Å². The first kappa shape index (κ1) is 17.7. The maximum atomic E-state index is 12.3. The Bertz CT molecular complexity index is 1020. The van der Waals surface area contributed by atoms with Gasteiger partial charge in [0.1, 0.15) is 0 Å². The number of rotatable bonds is 6. The molecule has 144 valence electrons. The molecule has 0 unspecified atom stereocenters. The van der Waals surface area contributed by atoms with Crippen LogP contribution in [0.3, 0.4) is 0 Å². The topological polar surface area (TPSA) is 102 Å². The van der Waals surface area contributed by atoms with Gasteiger partial charge in [-0.1, -0.05) is 5.16 Å². The van der Waals surface area contributed by atoms with Crippen molar-refractivity contribution in [3.8, 4) is 34.4 Å². The molecule has 4 rings (SSSR count). The number of benzene rings is 2. The highest BCUT2D eigenvalue weighted by atomic mass is 16.7. The molecule has 0 atom stereocenters. The minimum Gasteiger partial charge on any atom is -0.493 e. The lowest BCUT2D eigenvalue weighted by atomic mass is 10.2. The van der Waals surface area contributed by atoms with E-state index in [9.17, 15) is 4.79 Å². The van der Waals surface area contributed by atoms with Gasteiger partial charge in [0, 0.05) is 5.56 Å². The molecular formula is C19H16N2O7. The van der Waals surface area contributed by atoms with Crippen molar-refractivity contribution >= 4 is 5.97 Å². The van der Waals surface area contributed by atoms with Gasteiger partial charge in [-0.25, -0.2) is 4.79 Å². The van der Waals surface area contributed by atoms with Crippen molar-refractivity contribution in [3.63, 3.8) is 0 Å². The molecule has 9 nitrogen and oxygen atoms in total. The Hall–Kier alpha value is -3.75. The van der Waals surface area contributed by atoms with Gasteiger partial charge in [-0.05, 0) is 36.4 Å². The van der Waals surface area contributed by atoms with Crippen LogP contribution in [0.4, 0.5) is 0 Å². The zero-order valence-electron chi connectivity index (χ0n) is 15.1. The van der Waals surface area contributed by atoms with E-state index in [2.05, 4.69) is 10.1 Å². The van der Waals surface area contributed by atoms with Crippen LogP contribution in [0.2, 0.25) is 0 Å². The van der Waals surface area contributed by atoms with Crippen molar-refractivity contribution in [1.82, 2.24) is 10.1 Å². The first-order valence-electron chi connectivity index (χ1n) is 8.29. The summed E-state index contributed by atoms with van der Waals surface area (Å²) in [6, 6.07) is 10.1. The van der Waals surface area contributed by atoms with E-state index in [4.69, 9.17) is 28.2 Å². The van der Waals surface area contributed by atoms with Gasteiger partial charge in [0.25, 0.3) is 5.89 Å². The van der Waals surface area contributed by atoms with E-state index >= 15 is 0 Å². The lowest BCUT2D eigenvalue weighted by Gasteiger charge is -2.08. The van der Waals surface area contributed by atoms with E-state index in [0.29, 0.717) is 39.9 Å². The second kappa shape index (κ2) is 7.47. The van der Waals surface area contributed by atoms with Gasteiger partial charge in [0.15, 0.2) is 29.6 Å². The summed E-state index contributed by atoms with van der Waals surface area (Å²) in [6.45, 7) is 0.0209. The summed E-state index contributed by atoms with van der Waals surface area (Å²) in [7, 11) is 3.01. The number of carbonyl (C=O) groups is 1. The zero-order valence-corrected chi connectivity index (χ0v) is 15.1. The summed E-state index contributed by atoms with van der Waals surface area (Å²) in [4.78, 5) is 16.5. The van der Waals surface area contributed by atoms with Crippen molar-refractivity contribution in [2.45, 2.75) is 6.61 Å². The molecule has 0 saturated heterocycles. The summed E-state index contributed by atoms with van der Waals surface area (Å²) in [6.07, 6.45) is 0. The number of hydrogen-bond acceptors (Lipinski definition) is 9. The van der Waals surface area contributed by atoms with Crippen molar-refractivity contribution in [1.29, 1.82) is 0 Å². The first-order valence-corrected chi connectivity index (χ1v) is 8.29. The Morgan fingerprint density at radius 2 is 1.86 bits per heavy atom. The fraction of sp³-hybridized carbons (Fsp3) is 0.211. The molecule has 1 aliphatic rings. The number of esters is 1. The molecule has 0 bridgehead atoms. The van der Waals surface area contributed by atoms with Gasteiger partial charge >= 0.3 is 5.97 Å².